The molecule has 8 heteroatoms. The van der Waals surface area contributed by atoms with Crippen LogP contribution in [0.1, 0.15) is 6.92 Å². The number of hydrogen-bond donors (Lipinski definition) is 4. The number of aliphatic hydroxyl groups is 2. The van der Waals surface area contributed by atoms with Gasteiger partial charge in [-0.15, -0.1) is 0 Å². The fourth-order valence-electron chi connectivity index (χ4n) is 1.57. The fourth-order valence-corrected chi connectivity index (χ4v) is 1.57. The van der Waals surface area contributed by atoms with Crippen LogP contribution in [-0.4, -0.2) is 67.2 Å². The summed E-state index contributed by atoms with van der Waals surface area (Å²) in [7, 11) is 2.71. The Hall–Kier alpha value is -0.770. The van der Waals surface area contributed by atoms with E-state index in [4.69, 9.17) is 19.8 Å². The Balaban J connectivity index is 4.82. The number of aliphatic hydroxyl groups excluding tert-OH is 2. The summed E-state index contributed by atoms with van der Waals surface area (Å²) in [6.07, 6.45) is -3.23. The van der Waals surface area contributed by atoms with Gasteiger partial charge in [-0.2, -0.15) is 0 Å². The monoisotopic (exact) mass is 267 g/mol. The van der Waals surface area contributed by atoms with E-state index in [1.54, 1.807) is 0 Å². The summed E-state index contributed by atoms with van der Waals surface area (Å²) in [5, 5.41) is 30.1. The van der Waals surface area contributed by atoms with Crippen LogP contribution in [0.25, 0.3) is 0 Å². The van der Waals surface area contributed by atoms with Gasteiger partial charge in [0.15, 0.2) is 6.23 Å². The van der Waals surface area contributed by atoms with Gasteiger partial charge in [0.2, 0.25) is 5.91 Å². The minimum atomic E-state index is -1.19. The van der Waals surface area contributed by atoms with Gasteiger partial charge in [0.05, 0.1) is 25.2 Å². The second-order valence-corrected chi connectivity index (χ2v) is 3.79. The molecule has 18 heavy (non-hydrogen) atoms. The van der Waals surface area contributed by atoms with Crippen LogP contribution in [0.15, 0.2) is 0 Å². The van der Waals surface area contributed by atoms with Crippen LogP contribution in [0.4, 0.5) is 0 Å². The maximum atomic E-state index is 10.9. The summed E-state index contributed by atoms with van der Waals surface area (Å²) < 4.78 is 9.77. The average molecular weight is 267 g/mol. The molecule has 4 atom stereocenters. The predicted octanol–water partition coefficient (Wildman–Crippen LogP) is -1.43. The Labute approximate surface area is 105 Å². The van der Waals surface area contributed by atoms with Gasteiger partial charge in [-0.25, -0.2) is 10.1 Å². The average Bonchev–Trinajstić information content (AvgIpc) is 2.34. The standard InChI is InChI=1S/C10H21NO7/c1-6(13)11-10(18-15)7(5-16-2)9(14)8(4-12)17-3/h7-10,12,14-15H,4-5H2,1-3H3,(H,11,13)/t7-,8?,9-,10?/m0/s1. The summed E-state index contributed by atoms with van der Waals surface area (Å²) in [4.78, 5) is 15.1. The van der Waals surface area contributed by atoms with Crippen LogP contribution in [0, 0.1) is 5.92 Å². The van der Waals surface area contributed by atoms with Crippen molar-refractivity contribution in [1.82, 2.24) is 5.32 Å². The molecule has 0 radical (unpaired) electrons. The largest absolute Gasteiger partial charge is 0.394 e. The van der Waals surface area contributed by atoms with Crippen molar-refractivity contribution in [3.8, 4) is 0 Å². The molecule has 0 aliphatic heterocycles. The highest BCUT2D eigenvalue weighted by molar-refractivity contribution is 5.73. The van der Waals surface area contributed by atoms with Crippen molar-refractivity contribution >= 4 is 5.91 Å². The first-order valence-corrected chi connectivity index (χ1v) is 5.39. The molecule has 0 fully saturated rings. The van der Waals surface area contributed by atoms with E-state index in [9.17, 15) is 9.90 Å². The molecule has 0 aliphatic rings. The maximum absolute atomic E-state index is 10.9. The molecule has 0 bridgehead atoms. The van der Waals surface area contributed by atoms with E-state index >= 15 is 0 Å². The highest BCUT2D eigenvalue weighted by Gasteiger charge is 2.35. The molecule has 0 aromatic rings. The molecule has 0 aromatic heterocycles. The lowest BCUT2D eigenvalue weighted by atomic mass is 9.96. The molecule has 2 unspecified atom stereocenters. The van der Waals surface area contributed by atoms with Crippen LogP contribution in [0.5, 0.6) is 0 Å². The lowest BCUT2D eigenvalue weighted by Gasteiger charge is -2.31. The fraction of sp³-hybridized carbons (Fsp3) is 0.900. The summed E-state index contributed by atoms with van der Waals surface area (Å²) in [5.74, 6) is -1.25. The molecule has 0 aromatic carbocycles. The Morgan fingerprint density at radius 2 is 2.00 bits per heavy atom. The van der Waals surface area contributed by atoms with Gasteiger partial charge in [0, 0.05) is 21.1 Å². The number of carbonyl (C=O) groups excluding carboxylic acids is 1. The van der Waals surface area contributed by atoms with Crippen LogP contribution in [0.3, 0.4) is 0 Å². The molecule has 108 valence electrons. The Morgan fingerprint density at radius 3 is 2.33 bits per heavy atom. The van der Waals surface area contributed by atoms with Gasteiger partial charge in [0.25, 0.3) is 0 Å². The molecule has 0 saturated heterocycles. The molecule has 0 heterocycles. The molecule has 8 nitrogen and oxygen atoms in total. The molecule has 0 saturated carbocycles. The third kappa shape index (κ3) is 5.25. The summed E-state index contributed by atoms with van der Waals surface area (Å²) in [6.45, 7) is 0.810. The van der Waals surface area contributed by atoms with Crippen molar-refractivity contribution in [3.63, 3.8) is 0 Å². The van der Waals surface area contributed by atoms with Crippen molar-refractivity contribution in [2.24, 2.45) is 5.92 Å². The van der Waals surface area contributed by atoms with Crippen molar-refractivity contribution < 1.29 is 34.6 Å². The lowest BCUT2D eigenvalue weighted by molar-refractivity contribution is -0.307. The van der Waals surface area contributed by atoms with E-state index in [2.05, 4.69) is 10.2 Å². The minimum Gasteiger partial charge on any atom is -0.394 e. The van der Waals surface area contributed by atoms with E-state index in [1.807, 2.05) is 0 Å². The number of hydrogen-bond acceptors (Lipinski definition) is 7. The summed E-state index contributed by atoms with van der Waals surface area (Å²) in [6, 6.07) is 0. The zero-order valence-corrected chi connectivity index (χ0v) is 10.7. The van der Waals surface area contributed by atoms with Crippen LogP contribution >= 0.6 is 0 Å². The minimum absolute atomic E-state index is 0.00741. The maximum Gasteiger partial charge on any atom is 0.218 e. The first-order chi connectivity index (χ1) is 8.51. The Kier molecular flexibility index (Phi) is 8.81. The quantitative estimate of drug-likeness (QED) is 0.230. The van der Waals surface area contributed by atoms with Crippen LogP contribution < -0.4 is 5.32 Å². The highest BCUT2D eigenvalue weighted by Crippen LogP contribution is 2.16. The predicted molar refractivity (Wildman–Crippen MR) is 60.6 cm³/mol. The zero-order chi connectivity index (χ0) is 14.1. The van der Waals surface area contributed by atoms with E-state index < -0.39 is 36.9 Å². The van der Waals surface area contributed by atoms with Gasteiger partial charge < -0.3 is 25.0 Å². The molecule has 0 rings (SSSR count). The number of methoxy groups -OCH3 is 2. The third-order valence-corrected chi connectivity index (χ3v) is 2.51. The molecule has 4 N–H and O–H groups in total. The van der Waals surface area contributed by atoms with E-state index in [-0.39, 0.29) is 6.61 Å². The molecular formula is C10H21NO7. The normalized spacial score (nSPS) is 17.9. The van der Waals surface area contributed by atoms with Gasteiger partial charge in [-0.05, 0) is 0 Å². The van der Waals surface area contributed by atoms with Gasteiger partial charge in [0.1, 0.15) is 6.10 Å². The second kappa shape index (κ2) is 9.20. The molecular weight excluding hydrogens is 246 g/mol. The number of rotatable bonds is 9. The van der Waals surface area contributed by atoms with E-state index in [1.165, 1.54) is 21.1 Å². The lowest BCUT2D eigenvalue weighted by Crippen LogP contribution is -2.51. The molecule has 1 amide bonds. The van der Waals surface area contributed by atoms with E-state index in [0.29, 0.717) is 0 Å². The molecule has 0 aliphatic carbocycles. The Bertz CT molecular complexity index is 234. The number of ether oxygens (including phenoxy) is 2. The van der Waals surface area contributed by atoms with Gasteiger partial charge in [-0.1, -0.05) is 0 Å². The van der Waals surface area contributed by atoms with E-state index in [0.717, 1.165) is 0 Å². The van der Waals surface area contributed by atoms with Crippen LogP contribution in [0.2, 0.25) is 0 Å². The second-order valence-electron chi connectivity index (χ2n) is 3.79. The smallest absolute Gasteiger partial charge is 0.218 e. The van der Waals surface area contributed by atoms with Crippen LogP contribution in [-0.2, 0) is 19.2 Å². The topological polar surface area (TPSA) is 117 Å². The third-order valence-electron chi connectivity index (χ3n) is 2.51. The Morgan fingerprint density at radius 1 is 1.39 bits per heavy atom. The van der Waals surface area contributed by atoms with Crippen molar-refractivity contribution in [2.75, 3.05) is 27.4 Å². The SMILES string of the molecule is COC[C@H](C(NC(C)=O)OO)[C@H](O)C(CO)OC. The van der Waals surface area contributed by atoms with Crippen molar-refractivity contribution in [2.45, 2.75) is 25.4 Å². The number of nitrogens with one attached hydrogen (secondary N) is 1. The van der Waals surface area contributed by atoms with Gasteiger partial charge >= 0.3 is 0 Å². The van der Waals surface area contributed by atoms with Gasteiger partial charge in [-0.3, -0.25) is 4.79 Å². The first kappa shape index (κ1) is 17.2. The zero-order valence-electron chi connectivity index (χ0n) is 10.7. The summed E-state index contributed by atoms with van der Waals surface area (Å²) in [5.41, 5.74) is 0. The summed E-state index contributed by atoms with van der Waals surface area (Å²) >= 11 is 0. The highest BCUT2D eigenvalue weighted by atomic mass is 17.1. The van der Waals surface area contributed by atoms with Crippen molar-refractivity contribution in [1.29, 1.82) is 0 Å². The van der Waals surface area contributed by atoms with Crippen molar-refractivity contribution in [3.05, 3.63) is 0 Å². The number of carbonyl (C=O) groups is 1. The first-order valence-electron chi connectivity index (χ1n) is 5.39. The number of amides is 1. The molecule has 0 spiro atoms.